The van der Waals surface area contributed by atoms with Gasteiger partial charge in [0, 0.05) is 12.1 Å². The molecule has 10 nitrogen and oxygen atoms in total. The maximum absolute atomic E-state index is 12.9. The molecule has 14 heteroatoms. The molecule has 1 heterocycles. The van der Waals surface area contributed by atoms with E-state index in [1.54, 1.807) is 19.1 Å². The molecule has 0 saturated heterocycles. The zero-order valence-corrected chi connectivity index (χ0v) is 19.9. The molecule has 0 aliphatic carbocycles. The van der Waals surface area contributed by atoms with Crippen LogP contribution in [-0.2, 0) is 21.2 Å². The summed E-state index contributed by atoms with van der Waals surface area (Å²) >= 11 is 0. The lowest BCUT2D eigenvalue weighted by atomic mass is 10.1. The molecule has 0 radical (unpaired) electrons. The minimum absolute atomic E-state index is 0.0406. The van der Waals surface area contributed by atoms with Crippen molar-refractivity contribution in [3.8, 4) is 17.2 Å². The first-order valence-electron chi connectivity index (χ1n) is 10.5. The lowest BCUT2D eigenvalue weighted by Gasteiger charge is -2.15. The Balaban J connectivity index is 1.95. The fourth-order valence-corrected chi connectivity index (χ4v) is 4.03. The summed E-state index contributed by atoms with van der Waals surface area (Å²) in [5.41, 5.74) is 0.342. The fourth-order valence-electron chi connectivity index (χ4n) is 3.04. The number of carboxylic acid groups (broad SMARTS) is 1. The van der Waals surface area contributed by atoms with Crippen LogP contribution >= 0.6 is 0 Å². The summed E-state index contributed by atoms with van der Waals surface area (Å²) in [6, 6.07) is 11.6. The maximum atomic E-state index is 12.9. The first-order chi connectivity index (χ1) is 17.4. The van der Waals surface area contributed by atoms with E-state index in [4.69, 9.17) is 9.84 Å². The van der Waals surface area contributed by atoms with Crippen LogP contribution in [-0.4, -0.2) is 43.3 Å². The highest BCUT2D eigenvalue weighted by molar-refractivity contribution is 7.92. The number of hydrogen-bond acceptors (Lipinski definition) is 7. The number of benzene rings is 2. The van der Waals surface area contributed by atoms with E-state index in [-0.39, 0.29) is 29.2 Å². The minimum atomic E-state index is -4.98. The highest BCUT2D eigenvalue weighted by Gasteiger charge is 2.31. The van der Waals surface area contributed by atoms with Crippen molar-refractivity contribution in [1.29, 1.82) is 0 Å². The molecule has 0 spiro atoms. The van der Waals surface area contributed by atoms with Crippen LogP contribution in [0.3, 0.4) is 0 Å². The first-order valence-corrected chi connectivity index (χ1v) is 12.0. The van der Waals surface area contributed by atoms with Gasteiger partial charge in [-0.05, 0) is 55.0 Å². The van der Waals surface area contributed by atoms with E-state index < -0.39 is 39.0 Å². The third-order valence-corrected chi connectivity index (χ3v) is 5.80. The van der Waals surface area contributed by atoms with Gasteiger partial charge in [-0.1, -0.05) is 12.1 Å². The molecule has 2 aromatic carbocycles. The van der Waals surface area contributed by atoms with Crippen molar-refractivity contribution >= 4 is 27.6 Å². The second-order valence-electron chi connectivity index (χ2n) is 7.38. The summed E-state index contributed by atoms with van der Waals surface area (Å²) < 4.78 is 74.7. The summed E-state index contributed by atoms with van der Waals surface area (Å²) in [6.07, 6.45) is -4.65. The van der Waals surface area contributed by atoms with Gasteiger partial charge < -0.3 is 19.9 Å². The van der Waals surface area contributed by atoms with Crippen LogP contribution in [0, 0.1) is 0 Å². The molecule has 0 fully saturated rings. The normalized spacial score (nSPS) is 11.5. The Labute approximate surface area is 209 Å². The molecular weight excluding hydrogens is 519 g/mol. The Bertz CT molecular complexity index is 1400. The predicted octanol–water partition coefficient (Wildman–Crippen LogP) is 3.95. The summed E-state index contributed by atoms with van der Waals surface area (Å²) in [6.45, 7) is 2.01. The summed E-state index contributed by atoms with van der Waals surface area (Å²) in [5.74, 6) is -2.12. The van der Waals surface area contributed by atoms with E-state index in [0.717, 1.165) is 12.1 Å². The van der Waals surface area contributed by atoms with Crippen molar-refractivity contribution in [2.75, 3.05) is 11.3 Å². The number of halogens is 3. The maximum Gasteiger partial charge on any atom is 0.573 e. The van der Waals surface area contributed by atoms with E-state index in [0.29, 0.717) is 18.3 Å². The Hall–Kier alpha value is -4.33. The third kappa shape index (κ3) is 7.83. The van der Waals surface area contributed by atoms with Crippen molar-refractivity contribution < 1.29 is 45.8 Å². The molecule has 0 aliphatic rings. The van der Waals surface area contributed by atoms with E-state index in [1.165, 1.54) is 30.3 Å². The largest absolute Gasteiger partial charge is 0.573 e. The van der Waals surface area contributed by atoms with Gasteiger partial charge in [-0.2, -0.15) is 8.42 Å². The van der Waals surface area contributed by atoms with Crippen molar-refractivity contribution in [3.63, 3.8) is 0 Å². The number of nitrogens with zero attached hydrogens (tertiary/aromatic N) is 1. The van der Waals surface area contributed by atoms with Crippen molar-refractivity contribution in [3.05, 3.63) is 71.9 Å². The number of nitrogens with one attached hydrogen (secondary N) is 2. The van der Waals surface area contributed by atoms with Gasteiger partial charge in [0.1, 0.15) is 11.5 Å². The van der Waals surface area contributed by atoms with Crippen LogP contribution in [0.2, 0.25) is 0 Å². The molecule has 0 aliphatic heterocycles. The molecule has 0 bridgehead atoms. The second-order valence-corrected chi connectivity index (χ2v) is 9.01. The number of ether oxygens (including phenoxy) is 2. The minimum Gasteiger partial charge on any atom is -0.481 e. The van der Waals surface area contributed by atoms with Gasteiger partial charge in [-0.3, -0.25) is 14.3 Å². The number of carboxylic acids is 1. The highest BCUT2D eigenvalue weighted by Crippen LogP contribution is 2.33. The number of carbonyl (C=O) groups is 2. The highest BCUT2D eigenvalue weighted by atomic mass is 32.2. The first kappa shape index (κ1) is 27.3. The smallest absolute Gasteiger partial charge is 0.481 e. The van der Waals surface area contributed by atoms with Gasteiger partial charge in [0.25, 0.3) is 15.9 Å². The molecular formula is C23H20F3N3O7S. The Morgan fingerprint density at radius 1 is 1.05 bits per heavy atom. The average Bonchev–Trinajstić information content (AvgIpc) is 2.79. The molecule has 3 N–H and O–H groups in total. The van der Waals surface area contributed by atoms with Gasteiger partial charge in [0.2, 0.25) is 0 Å². The third-order valence-electron chi connectivity index (χ3n) is 4.52. The van der Waals surface area contributed by atoms with Crippen LogP contribution in [0.15, 0.2) is 65.8 Å². The fraction of sp³-hybridized carbons (Fsp3) is 0.174. The molecule has 3 aromatic rings. The number of aliphatic carboxylic acids is 1. The van der Waals surface area contributed by atoms with Crippen LogP contribution in [0.25, 0.3) is 0 Å². The number of pyridine rings is 1. The molecule has 0 saturated carbocycles. The zero-order chi connectivity index (χ0) is 27.2. The van der Waals surface area contributed by atoms with Crippen LogP contribution in [0.5, 0.6) is 17.2 Å². The molecule has 196 valence electrons. The van der Waals surface area contributed by atoms with Gasteiger partial charge in [-0.15, -0.1) is 13.2 Å². The zero-order valence-electron chi connectivity index (χ0n) is 19.1. The Morgan fingerprint density at radius 3 is 2.43 bits per heavy atom. The van der Waals surface area contributed by atoms with E-state index in [2.05, 4.69) is 19.8 Å². The van der Waals surface area contributed by atoms with Crippen LogP contribution in [0.4, 0.5) is 18.9 Å². The van der Waals surface area contributed by atoms with Crippen LogP contribution < -0.4 is 19.5 Å². The number of alkyl halides is 3. The molecule has 0 atom stereocenters. The summed E-state index contributed by atoms with van der Waals surface area (Å²) in [4.78, 5) is 26.8. The van der Waals surface area contributed by atoms with Crippen molar-refractivity contribution in [1.82, 2.24) is 10.3 Å². The molecule has 1 aromatic heterocycles. The number of aromatic nitrogens is 1. The van der Waals surface area contributed by atoms with Gasteiger partial charge in [-0.25, -0.2) is 4.98 Å². The molecule has 3 rings (SSSR count). The molecule has 0 unspecified atom stereocenters. The van der Waals surface area contributed by atoms with Gasteiger partial charge in [0.15, 0.2) is 10.8 Å². The van der Waals surface area contributed by atoms with E-state index >= 15 is 0 Å². The number of anilines is 1. The molecule has 1 amide bonds. The Kier molecular flexibility index (Phi) is 8.22. The van der Waals surface area contributed by atoms with E-state index in [9.17, 15) is 31.2 Å². The van der Waals surface area contributed by atoms with Gasteiger partial charge in [0.05, 0.1) is 18.3 Å². The number of sulfonamides is 1. The molecule has 37 heavy (non-hydrogen) atoms. The number of rotatable bonds is 10. The van der Waals surface area contributed by atoms with Gasteiger partial charge >= 0.3 is 12.3 Å². The van der Waals surface area contributed by atoms with E-state index in [1.807, 2.05) is 0 Å². The topological polar surface area (TPSA) is 144 Å². The SMILES string of the molecule is CCNC(=O)c1ccc(Oc2cccc(CC(=O)O)c2)c(NS(=O)(=O)c2ccc(OC(F)(F)F)cn2)c1. The monoisotopic (exact) mass is 539 g/mol. The standard InChI is InChI=1S/C23H20F3N3O7S/c1-2-27-22(32)15-6-8-19(35-16-5-3-4-14(10-16)11-21(30)31)18(12-15)29-37(33,34)20-9-7-17(13-28-20)36-23(24,25)26/h3-10,12-13,29H,2,11H2,1H3,(H,27,32)(H,30,31). The summed E-state index contributed by atoms with van der Waals surface area (Å²) in [7, 11) is -4.45. The number of amides is 1. The second kappa shape index (κ2) is 11.2. The van der Waals surface area contributed by atoms with Crippen molar-refractivity contribution in [2.24, 2.45) is 0 Å². The van der Waals surface area contributed by atoms with Crippen LogP contribution in [0.1, 0.15) is 22.8 Å². The lowest BCUT2D eigenvalue weighted by Crippen LogP contribution is -2.23. The average molecular weight is 539 g/mol. The quantitative estimate of drug-likeness (QED) is 0.351. The predicted molar refractivity (Wildman–Crippen MR) is 124 cm³/mol. The Morgan fingerprint density at radius 2 is 1.81 bits per heavy atom. The summed E-state index contributed by atoms with van der Waals surface area (Å²) in [5, 5.41) is 10.9. The van der Waals surface area contributed by atoms with Crippen molar-refractivity contribution in [2.45, 2.75) is 24.7 Å². The number of carbonyl (C=O) groups excluding carboxylic acids is 1. The lowest BCUT2D eigenvalue weighted by molar-refractivity contribution is -0.274. The number of hydrogen-bond donors (Lipinski definition) is 3.